The summed E-state index contributed by atoms with van der Waals surface area (Å²) in [6.45, 7) is 1.88. The van der Waals surface area contributed by atoms with Crippen molar-refractivity contribution in [2.75, 3.05) is 6.61 Å². The first-order valence-electron chi connectivity index (χ1n) is 4.58. The van der Waals surface area contributed by atoms with E-state index in [1.165, 1.54) is 0 Å². The van der Waals surface area contributed by atoms with Crippen molar-refractivity contribution in [3.63, 3.8) is 0 Å². The molecular formula is C9H15NO3. The van der Waals surface area contributed by atoms with Crippen molar-refractivity contribution in [1.29, 1.82) is 0 Å². The minimum absolute atomic E-state index is 0.334. The molecule has 1 N–H and O–H groups in total. The van der Waals surface area contributed by atoms with Crippen LogP contribution >= 0.6 is 0 Å². The summed E-state index contributed by atoms with van der Waals surface area (Å²) in [6.07, 6.45) is 4.16. The summed E-state index contributed by atoms with van der Waals surface area (Å²) in [5, 5.41) is 12.1. The van der Waals surface area contributed by atoms with Crippen LogP contribution < -0.4 is 0 Å². The maximum atomic E-state index is 10.1. The lowest BCUT2D eigenvalue weighted by atomic mass is 9.90. The van der Waals surface area contributed by atoms with E-state index in [4.69, 9.17) is 5.11 Å². The van der Waals surface area contributed by atoms with Gasteiger partial charge in [0.2, 0.25) is 6.61 Å². The molecule has 0 bridgehead atoms. The highest BCUT2D eigenvalue weighted by molar-refractivity contribution is 5.84. The third kappa shape index (κ3) is 3.92. The Bertz CT molecular complexity index is 203. The monoisotopic (exact) mass is 185 g/mol. The maximum absolute atomic E-state index is 10.1. The zero-order valence-corrected chi connectivity index (χ0v) is 7.82. The first-order chi connectivity index (χ1) is 6.18. The number of nitrogens with zero attached hydrogens (tertiary/aromatic N) is 1. The Morgan fingerprint density at radius 2 is 2.23 bits per heavy atom. The molecular weight excluding hydrogens is 170 g/mol. The van der Waals surface area contributed by atoms with Crippen molar-refractivity contribution in [2.24, 2.45) is 11.1 Å². The second-order valence-electron chi connectivity index (χ2n) is 3.51. The summed E-state index contributed by atoms with van der Waals surface area (Å²) in [4.78, 5) is 14.8. The van der Waals surface area contributed by atoms with Gasteiger partial charge < -0.3 is 9.94 Å². The third-order valence-electron chi connectivity index (χ3n) is 2.23. The quantitative estimate of drug-likeness (QED) is 0.680. The standard InChI is InChI=1S/C9H15NO3/c1-7-2-4-8(5-3-7)10-13-6-9(11)12/h7H,2-6H2,1H3,(H,11,12). The molecule has 4 heteroatoms. The van der Waals surface area contributed by atoms with Crippen LogP contribution in [0.25, 0.3) is 0 Å². The highest BCUT2D eigenvalue weighted by atomic mass is 16.6. The summed E-state index contributed by atoms with van der Waals surface area (Å²) >= 11 is 0. The summed E-state index contributed by atoms with van der Waals surface area (Å²) in [5.74, 6) is -0.216. The zero-order chi connectivity index (χ0) is 9.68. The van der Waals surface area contributed by atoms with E-state index in [1.807, 2.05) is 0 Å². The van der Waals surface area contributed by atoms with Crippen LogP contribution in [0.1, 0.15) is 32.6 Å². The fraction of sp³-hybridized carbons (Fsp3) is 0.778. The number of hydrogen-bond donors (Lipinski definition) is 1. The van der Waals surface area contributed by atoms with Crippen LogP contribution in [0.4, 0.5) is 0 Å². The van der Waals surface area contributed by atoms with Gasteiger partial charge in [-0.25, -0.2) is 4.79 Å². The molecule has 0 aromatic heterocycles. The third-order valence-corrected chi connectivity index (χ3v) is 2.23. The molecule has 0 aliphatic heterocycles. The van der Waals surface area contributed by atoms with Crippen molar-refractivity contribution in [1.82, 2.24) is 0 Å². The lowest BCUT2D eigenvalue weighted by Gasteiger charge is -2.18. The van der Waals surface area contributed by atoms with Gasteiger partial charge in [-0.3, -0.25) is 0 Å². The van der Waals surface area contributed by atoms with E-state index in [0.717, 1.165) is 37.3 Å². The van der Waals surface area contributed by atoms with E-state index in [2.05, 4.69) is 16.9 Å². The molecule has 4 nitrogen and oxygen atoms in total. The van der Waals surface area contributed by atoms with E-state index in [1.54, 1.807) is 0 Å². The molecule has 1 rings (SSSR count). The molecule has 0 aromatic carbocycles. The second-order valence-corrected chi connectivity index (χ2v) is 3.51. The van der Waals surface area contributed by atoms with Crippen LogP contribution in [0.3, 0.4) is 0 Å². The van der Waals surface area contributed by atoms with Crippen LogP contribution in [0.2, 0.25) is 0 Å². The molecule has 0 spiro atoms. The second kappa shape index (κ2) is 4.84. The molecule has 0 heterocycles. The minimum Gasteiger partial charge on any atom is -0.479 e. The number of oxime groups is 1. The highest BCUT2D eigenvalue weighted by Gasteiger charge is 2.13. The fourth-order valence-electron chi connectivity index (χ4n) is 1.37. The Kier molecular flexibility index (Phi) is 3.73. The topological polar surface area (TPSA) is 58.9 Å². The lowest BCUT2D eigenvalue weighted by molar-refractivity contribution is -0.142. The van der Waals surface area contributed by atoms with Gasteiger partial charge in [-0.2, -0.15) is 0 Å². The number of carboxylic acid groups (broad SMARTS) is 1. The van der Waals surface area contributed by atoms with E-state index in [0.29, 0.717) is 0 Å². The number of aliphatic carboxylic acids is 1. The van der Waals surface area contributed by atoms with Gasteiger partial charge in [0.25, 0.3) is 0 Å². The van der Waals surface area contributed by atoms with Gasteiger partial charge in [-0.15, -0.1) is 0 Å². The van der Waals surface area contributed by atoms with E-state index in [-0.39, 0.29) is 6.61 Å². The molecule has 0 radical (unpaired) electrons. The molecule has 13 heavy (non-hydrogen) atoms. The van der Waals surface area contributed by atoms with Crippen molar-refractivity contribution >= 4 is 11.7 Å². The average molecular weight is 185 g/mol. The molecule has 0 unspecified atom stereocenters. The van der Waals surface area contributed by atoms with Gasteiger partial charge in [-0.1, -0.05) is 12.1 Å². The normalized spacial score (nSPS) is 22.5. The first-order valence-corrected chi connectivity index (χ1v) is 4.58. The minimum atomic E-state index is -0.978. The SMILES string of the molecule is CC1CCC(=NOCC(=O)O)CC1. The Morgan fingerprint density at radius 3 is 2.77 bits per heavy atom. The van der Waals surface area contributed by atoms with Crippen molar-refractivity contribution < 1.29 is 14.7 Å². The predicted molar refractivity (Wildman–Crippen MR) is 48.7 cm³/mol. The summed E-state index contributed by atoms with van der Waals surface area (Å²) in [5.41, 5.74) is 0.999. The summed E-state index contributed by atoms with van der Waals surface area (Å²) in [6, 6.07) is 0. The summed E-state index contributed by atoms with van der Waals surface area (Å²) < 4.78 is 0. The van der Waals surface area contributed by atoms with Crippen LogP contribution in [0.15, 0.2) is 5.16 Å². The molecule has 1 aliphatic rings. The van der Waals surface area contributed by atoms with E-state index in [9.17, 15) is 4.79 Å². The highest BCUT2D eigenvalue weighted by Crippen LogP contribution is 2.21. The van der Waals surface area contributed by atoms with Crippen LogP contribution in [-0.2, 0) is 9.63 Å². The molecule has 0 amide bonds. The van der Waals surface area contributed by atoms with Gasteiger partial charge >= 0.3 is 5.97 Å². The Morgan fingerprint density at radius 1 is 1.62 bits per heavy atom. The van der Waals surface area contributed by atoms with E-state index >= 15 is 0 Å². The van der Waals surface area contributed by atoms with Crippen LogP contribution in [0.5, 0.6) is 0 Å². The lowest BCUT2D eigenvalue weighted by Crippen LogP contribution is -2.13. The summed E-state index contributed by atoms with van der Waals surface area (Å²) in [7, 11) is 0. The molecule has 1 aliphatic carbocycles. The van der Waals surface area contributed by atoms with Crippen LogP contribution in [0, 0.1) is 5.92 Å². The fourth-order valence-corrected chi connectivity index (χ4v) is 1.37. The van der Waals surface area contributed by atoms with Gasteiger partial charge in [-0.05, 0) is 31.6 Å². The first kappa shape index (κ1) is 10.0. The Hall–Kier alpha value is -1.06. The molecule has 74 valence electrons. The number of carboxylic acids is 1. The largest absolute Gasteiger partial charge is 0.479 e. The van der Waals surface area contributed by atoms with Crippen molar-refractivity contribution in [2.45, 2.75) is 32.6 Å². The van der Waals surface area contributed by atoms with Gasteiger partial charge in [0, 0.05) is 0 Å². The Balaban J connectivity index is 2.23. The number of carbonyl (C=O) groups is 1. The smallest absolute Gasteiger partial charge is 0.344 e. The van der Waals surface area contributed by atoms with Crippen molar-refractivity contribution in [3.05, 3.63) is 0 Å². The molecule has 0 atom stereocenters. The maximum Gasteiger partial charge on any atom is 0.344 e. The predicted octanol–water partition coefficient (Wildman–Crippen LogP) is 1.65. The van der Waals surface area contributed by atoms with Crippen LogP contribution in [-0.4, -0.2) is 23.4 Å². The van der Waals surface area contributed by atoms with Gasteiger partial charge in [0.05, 0.1) is 5.71 Å². The molecule has 0 saturated heterocycles. The molecule has 1 saturated carbocycles. The number of rotatable bonds is 3. The van der Waals surface area contributed by atoms with Gasteiger partial charge in [0.15, 0.2) is 0 Å². The molecule has 1 fully saturated rings. The van der Waals surface area contributed by atoms with Crippen molar-refractivity contribution in [3.8, 4) is 0 Å². The number of hydrogen-bond acceptors (Lipinski definition) is 3. The van der Waals surface area contributed by atoms with E-state index < -0.39 is 5.97 Å². The average Bonchev–Trinajstić information content (AvgIpc) is 2.08. The van der Waals surface area contributed by atoms with Gasteiger partial charge in [0.1, 0.15) is 0 Å². The molecule has 0 aromatic rings. The Labute approximate surface area is 77.6 Å². The zero-order valence-electron chi connectivity index (χ0n) is 7.82.